The Hall–Kier alpha value is -7.22. The Balaban J connectivity index is 1.09. The predicted octanol–water partition coefficient (Wildman–Crippen LogP) is 15.3. The van der Waals surface area contributed by atoms with E-state index in [-0.39, 0.29) is 5.41 Å². The molecule has 0 atom stereocenters. The van der Waals surface area contributed by atoms with E-state index < -0.39 is 5.41 Å². The summed E-state index contributed by atoms with van der Waals surface area (Å²) < 4.78 is 0. The van der Waals surface area contributed by atoms with Crippen molar-refractivity contribution in [2.45, 2.75) is 24.7 Å². The van der Waals surface area contributed by atoms with Crippen LogP contribution in [0, 0.1) is 0 Å². The Morgan fingerprint density at radius 3 is 1.53 bits per heavy atom. The summed E-state index contributed by atoms with van der Waals surface area (Å²) in [6.07, 6.45) is 0. The minimum atomic E-state index is -0.492. The average Bonchev–Trinajstić information content (AvgIpc) is 3.72. The maximum Gasteiger partial charge on any atom is 0.0714 e. The molecule has 1 nitrogen and oxygen atoms in total. The van der Waals surface area contributed by atoms with Crippen molar-refractivity contribution in [3.05, 3.63) is 246 Å². The van der Waals surface area contributed by atoms with Crippen molar-refractivity contribution in [1.82, 2.24) is 0 Å². The van der Waals surface area contributed by atoms with Crippen LogP contribution in [0.5, 0.6) is 0 Å². The first-order valence-electron chi connectivity index (χ1n) is 20.8. The third-order valence-electron chi connectivity index (χ3n) is 13.4. The standard InChI is InChI=1S/C58H41N/c1-57(2)55-47-22-12-11-16-39(47)26-31-51(55)52-32-27-41-36-45(29-33-48(41)56(52)57)59(44-28-25-38-15-9-10-17-40(38)35-44)46-30-34-50-49-23-13-14-24-53(49)58(54(50)37-46,42-18-5-3-6-19-42)43-20-7-4-8-21-43/h3-37H,1-2H3. The minimum absolute atomic E-state index is 0.155. The Morgan fingerprint density at radius 1 is 0.322 bits per heavy atom. The molecule has 0 bridgehead atoms. The van der Waals surface area contributed by atoms with Crippen molar-refractivity contribution < 1.29 is 0 Å². The molecule has 1 heteroatoms. The molecule has 0 radical (unpaired) electrons. The first-order valence-corrected chi connectivity index (χ1v) is 20.8. The van der Waals surface area contributed by atoms with Crippen molar-refractivity contribution in [1.29, 1.82) is 0 Å². The van der Waals surface area contributed by atoms with Gasteiger partial charge in [0, 0.05) is 22.5 Å². The van der Waals surface area contributed by atoms with Crippen LogP contribution in [0.15, 0.2) is 212 Å². The van der Waals surface area contributed by atoms with Crippen LogP contribution in [0.4, 0.5) is 17.1 Å². The molecule has 0 N–H and O–H groups in total. The summed E-state index contributed by atoms with van der Waals surface area (Å²) in [4.78, 5) is 2.47. The first-order chi connectivity index (χ1) is 29.0. The van der Waals surface area contributed by atoms with E-state index in [1.165, 1.54) is 88.0 Å². The lowest BCUT2D eigenvalue weighted by atomic mass is 9.67. The van der Waals surface area contributed by atoms with Crippen LogP contribution in [-0.4, -0.2) is 0 Å². The van der Waals surface area contributed by atoms with Crippen LogP contribution in [0.1, 0.15) is 47.2 Å². The number of hydrogen-bond donors (Lipinski definition) is 0. The normalized spacial score (nSPS) is 14.2. The third kappa shape index (κ3) is 4.79. The van der Waals surface area contributed by atoms with Gasteiger partial charge < -0.3 is 4.90 Å². The number of anilines is 3. The van der Waals surface area contributed by atoms with Crippen molar-refractivity contribution >= 4 is 49.4 Å². The summed E-state index contributed by atoms with van der Waals surface area (Å²) in [5.41, 5.74) is 16.0. The van der Waals surface area contributed by atoms with E-state index in [0.717, 1.165) is 17.1 Å². The number of nitrogens with zero attached hydrogens (tertiary/aromatic N) is 1. The molecule has 10 aromatic rings. The second-order valence-electron chi connectivity index (χ2n) is 16.9. The van der Waals surface area contributed by atoms with Gasteiger partial charge in [-0.15, -0.1) is 0 Å². The van der Waals surface area contributed by atoms with Crippen LogP contribution in [0.3, 0.4) is 0 Å². The average molecular weight is 752 g/mol. The van der Waals surface area contributed by atoms with Gasteiger partial charge in [0.25, 0.3) is 0 Å². The lowest BCUT2D eigenvalue weighted by Crippen LogP contribution is -2.28. The summed E-state index contributed by atoms with van der Waals surface area (Å²) in [5, 5.41) is 7.65. The Kier molecular flexibility index (Phi) is 7.26. The van der Waals surface area contributed by atoms with E-state index in [2.05, 4.69) is 231 Å². The van der Waals surface area contributed by atoms with E-state index in [1.54, 1.807) is 0 Å². The zero-order chi connectivity index (χ0) is 39.3. The highest BCUT2D eigenvalue weighted by Gasteiger charge is 2.46. The largest absolute Gasteiger partial charge is 0.310 e. The van der Waals surface area contributed by atoms with Crippen LogP contribution < -0.4 is 4.90 Å². The molecule has 59 heavy (non-hydrogen) atoms. The zero-order valence-corrected chi connectivity index (χ0v) is 33.2. The topological polar surface area (TPSA) is 3.24 Å². The lowest BCUT2D eigenvalue weighted by molar-refractivity contribution is 0.672. The molecule has 0 unspecified atom stereocenters. The molecule has 2 aliphatic rings. The monoisotopic (exact) mass is 751 g/mol. The van der Waals surface area contributed by atoms with E-state index in [9.17, 15) is 0 Å². The number of benzene rings is 10. The molecule has 0 saturated carbocycles. The first kappa shape index (κ1) is 33.9. The molecule has 0 fully saturated rings. The van der Waals surface area contributed by atoms with Crippen molar-refractivity contribution in [2.24, 2.45) is 0 Å². The van der Waals surface area contributed by atoms with Gasteiger partial charge in [0.05, 0.1) is 5.41 Å². The van der Waals surface area contributed by atoms with Crippen LogP contribution >= 0.6 is 0 Å². The molecule has 278 valence electrons. The molecule has 0 amide bonds. The Labute approximate surface area is 345 Å². The van der Waals surface area contributed by atoms with Crippen molar-refractivity contribution in [2.75, 3.05) is 4.90 Å². The fourth-order valence-electron chi connectivity index (χ4n) is 11.0. The maximum absolute atomic E-state index is 2.47. The second-order valence-corrected chi connectivity index (χ2v) is 16.9. The maximum atomic E-state index is 2.47. The Bertz CT molecular complexity index is 3260. The minimum Gasteiger partial charge on any atom is -0.310 e. The fraction of sp³-hybridized carbons (Fsp3) is 0.0690. The quantitative estimate of drug-likeness (QED) is 0.169. The smallest absolute Gasteiger partial charge is 0.0714 e. The molecule has 0 aliphatic heterocycles. The van der Waals surface area contributed by atoms with Gasteiger partial charge >= 0.3 is 0 Å². The molecule has 0 heterocycles. The fourth-order valence-corrected chi connectivity index (χ4v) is 11.0. The predicted molar refractivity (Wildman–Crippen MR) is 249 cm³/mol. The van der Waals surface area contributed by atoms with Crippen LogP contribution in [0.25, 0.3) is 54.6 Å². The number of rotatable bonds is 5. The highest BCUT2D eigenvalue weighted by molar-refractivity contribution is 6.04. The molecule has 2 aliphatic carbocycles. The molecule has 0 saturated heterocycles. The van der Waals surface area contributed by atoms with Crippen LogP contribution in [0.2, 0.25) is 0 Å². The second kappa shape index (κ2) is 12.6. The van der Waals surface area contributed by atoms with Crippen LogP contribution in [-0.2, 0) is 10.8 Å². The molecular formula is C58H41N. The van der Waals surface area contributed by atoms with Gasteiger partial charge in [-0.2, -0.15) is 0 Å². The molecule has 0 aromatic heterocycles. The number of fused-ring (bicyclic) bond motifs is 11. The summed E-state index contributed by atoms with van der Waals surface area (Å²) in [5.74, 6) is 0. The van der Waals surface area contributed by atoms with Crippen molar-refractivity contribution in [3.63, 3.8) is 0 Å². The van der Waals surface area contributed by atoms with E-state index in [4.69, 9.17) is 0 Å². The third-order valence-corrected chi connectivity index (χ3v) is 13.4. The summed E-state index contributed by atoms with van der Waals surface area (Å²) in [7, 11) is 0. The highest BCUT2D eigenvalue weighted by Crippen LogP contribution is 2.58. The molecule has 12 rings (SSSR count). The van der Waals surface area contributed by atoms with Gasteiger partial charge in [-0.3, -0.25) is 0 Å². The van der Waals surface area contributed by atoms with Gasteiger partial charge in [-0.05, 0) is 124 Å². The SMILES string of the molecule is CC1(C)c2c(ccc3ccccc23)-c2ccc3cc(N(c4ccc5c(c4)C(c4ccccc4)(c4ccccc4)c4ccccc4-5)c4ccc5ccccc5c4)ccc3c21. The highest BCUT2D eigenvalue weighted by atomic mass is 15.1. The summed E-state index contributed by atoms with van der Waals surface area (Å²) in [6.45, 7) is 4.82. The van der Waals surface area contributed by atoms with Gasteiger partial charge in [-0.1, -0.05) is 190 Å². The molecule has 10 aromatic carbocycles. The summed E-state index contributed by atoms with van der Waals surface area (Å²) in [6, 6.07) is 79.2. The molecule has 0 spiro atoms. The van der Waals surface area contributed by atoms with E-state index >= 15 is 0 Å². The van der Waals surface area contributed by atoms with Gasteiger partial charge in [0.15, 0.2) is 0 Å². The van der Waals surface area contributed by atoms with Crippen molar-refractivity contribution in [3.8, 4) is 22.3 Å². The zero-order valence-electron chi connectivity index (χ0n) is 33.2. The number of hydrogen-bond acceptors (Lipinski definition) is 1. The molecular weight excluding hydrogens is 711 g/mol. The van der Waals surface area contributed by atoms with Gasteiger partial charge in [-0.25, -0.2) is 0 Å². The van der Waals surface area contributed by atoms with Gasteiger partial charge in [0.2, 0.25) is 0 Å². The summed E-state index contributed by atoms with van der Waals surface area (Å²) >= 11 is 0. The lowest BCUT2D eigenvalue weighted by Gasteiger charge is -2.35. The van der Waals surface area contributed by atoms with E-state index in [1.807, 2.05) is 0 Å². The Morgan fingerprint density at radius 2 is 0.797 bits per heavy atom. The van der Waals surface area contributed by atoms with E-state index in [0.29, 0.717) is 0 Å². The van der Waals surface area contributed by atoms with Gasteiger partial charge in [0.1, 0.15) is 0 Å².